The van der Waals surface area contributed by atoms with Crippen LogP contribution in [0, 0.1) is 19.7 Å². The Balaban J connectivity index is 1.62. The van der Waals surface area contributed by atoms with Gasteiger partial charge in [0.15, 0.2) is 11.6 Å². The summed E-state index contributed by atoms with van der Waals surface area (Å²) in [7, 11) is 0. The minimum absolute atomic E-state index is 0.143. The van der Waals surface area contributed by atoms with Crippen molar-refractivity contribution < 1.29 is 9.18 Å². The van der Waals surface area contributed by atoms with Crippen LogP contribution in [0.5, 0.6) is 0 Å². The van der Waals surface area contributed by atoms with E-state index < -0.39 is 0 Å². The van der Waals surface area contributed by atoms with Crippen LogP contribution in [-0.4, -0.2) is 16.1 Å². The number of rotatable bonds is 5. The number of halogens is 1. The normalized spacial score (nSPS) is 10.4. The van der Waals surface area contributed by atoms with Gasteiger partial charge in [-0.2, -0.15) is 0 Å². The van der Waals surface area contributed by atoms with Crippen molar-refractivity contribution in [1.29, 1.82) is 0 Å². The van der Waals surface area contributed by atoms with Gasteiger partial charge in [0.05, 0.1) is 6.42 Å². The highest BCUT2D eigenvalue weighted by atomic mass is 19.1. The molecule has 0 unspecified atom stereocenters. The molecule has 2 aromatic carbocycles. The van der Waals surface area contributed by atoms with Gasteiger partial charge in [-0.3, -0.25) is 4.79 Å². The second-order valence-electron chi connectivity index (χ2n) is 6.05. The van der Waals surface area contributed by atoms with Gasteiger partial charge in [0, 0.05) is 5.69 Å². The summed E-state index contributed by atoms with van der Waals surface area (Å²) in [6, 6.07) is 15.3. The average molecular weight is 350 g/mol. The lowest BCUT2D eigenvalue weighted by atomic mass is 10.1. The van der Waals surface area contributed by atoms with Crippen molar-refractivity contribution in [2.75, 3.05) is 10.6 Å². The molecular formula is C20H19FN4O. The van der Waals surface area contributed by atoms with Crippen LogP contribution in [0.25, 0.3) is 0 Å². The standard InChI is InChI=1S/C20H19FN4O/c1-13-4-3-5-14(2)20(13)23-18-11-10-17(24-25-18)22-19(26)12-15-6-8-16(21)9-7-15/h3-11H,12H2,1-2H3,(H,23,25)(H,22,24,26). The van der Waals surface area contributed by atoms with Crippen LogP contribution in [0.1, 0.15) is 16.7 Å². The van der Waals surface area contributed by atoms with E-state index in [1.165, 1.54) is 12.1 Å². The number of aryl methyl sites for hydroxylation is 2. The zero-order valence-electron chi connectivity index (χ0n) is 14.6. The van der Waals surface area contributed by atoms with Crippen LogP contribution < -0.4 is 10.6 Å². The maximum absolute atomic E-state index is 12.9. The number of hydrogen-bond donors (Lipinski definition) is 2. The summed E-state index contributed by atoms with van der Waals surface area (Å²) in [6.45, 7) is 4.04. The van der Waals surface area contributed by atoms with Crippen molar-refractivity contribution in [3.05, 3.63) is 77.1 Å². The number of hydrogen-bond acceptors (Lipinski definition) is 4. The molecule has 2 N–H and O–H groups in total. The monoisotopic (exact) mass is 350 g/mol. The molecule has 1 aromatic heterocycles. The zero-order valence-corrected chi connectivity index (χ0v) is 14.6. The van der Waals surface area contributed by atoms with Crippen LogP contribution in [0.15, 0.2) is 54.6 Å². The molecule has 0 bridgehead atoms. The smallest absolute Gasteiger partial charge is 0.229 e. The molecule has 0 radical (unpaired) electrons. The summed E-state index contributed by atoms with van der Waals surface area (Å²) in [4.78, 5) is 12.0. The second-order valence-corrected chi connectivity index (χ2v) is 6.05. The highest BCUT2D eigenvalue weighted by Gasteiger charge is 2.07. The number of aromatic nitrogens is 2. The number of benzene rings is 2. The van der Waals surface area contributed by atoms with Gasteiger partial charge in [-0.15, -0.1) is 10.2 Å². The number of nitrogens with zero attached hydrogens (tertiary/aromatic N) is 2. The molecule has 0 aliphatic heterocycles. The zero-order chi connectivity index (χ0) is 18.5. The van der Waals surface area contributed by atoms with Crippen molar-refractivity contribution in [2.45, 2.75) is 20.3 Å². The number of carbonyl (C=O) groups excluding carboxylic acids is 1. The predicted molar refractivity (Wildman–Crippen MR) is 100.0 cm³/mol. The Labute approximate surface area is 151 Å². The first-order valence-corrected chi connectivity index (χ1v) is 8.22. The Morgan fingerprint density at radius 3 is 2.15 bits per heavy atom. The number of carbonyl (C=O) groups is 1. The molecule has 0 fully saturated rings. The summed E-state index contributed by atoms with van der Waals surface area (Å²) in [5, 5.41) is 14.1. The van der Waals surface area contributed by atoms with E-state index >= 15 is 0 Å². The van der Waals surface area contributed by atoms with E-state index in [0.717, 1.165) is 22.4 Å². The third-order valence-corrected chi connectivity index (χ3v) is 3.94. The Bertz CT molecular complexity index is 888. The molecule has 1 heterocycles. The molecule has 1 amide bonds. The molecule has 132 valence electrons. The fourth-order valence-electron chi connectivity index (χ4n) is 2.58. The Morgan fingerprint density at radius 2 is 1.54 bits per heavy atom. The van der Waals surface area contributed by atoms with E-state index in [1.807, 2.05) is 32.0 Å². The van der Waals surface area contributed by atoms with Crippen molar-refractivity contribution in [3.63, 3.8) is 0 Å². The van der Waals surface area contributed by atoms with Crippen LogP contribution in [0.2, 0.25) is 0 Å². The van der Waals surface area contributed by atoms with E-state index in [9.17, 15) is 9.18 Å². The summed E-state index contributed by atoms with van der Waals surface area (Å²) in [5.74, 6) is 0.400. The maximum Gasteiger partial charge on any atom is 0.229 e. The summed E-state index contributed by atoms with van der Waals surface area (Å²) in [5.41, 5.74) is 3.95. The molecule has 0 aliphatic carbocycles. The van der Waals surface area contributed by atoms with Gasteiger partial charge in [-0.25, -0.2) is 4.39 Å². The van der Waals surface area contributed by atoms with Crippen LogP contribution in [0.4, 0.5) is 21.7 Å². The molecule has 26 heavy (non-hydrogen) atoms. The minimum atomic E-state index is -0.327. The SMILES string of the molecule is Cc1cccc(C)c1Nc1ccc(NC(=O)Cc2ccc(F)cc2)nn1. The van der Waals surface area contributed by atoms with Crippen LogP contribution in [-0.2, 0) is 11.2 Å². The molecule has 5 nitrogen and oxygen atoms in total. The van der Waals surface area contributed by atoms with Gasteiger partial charge >= 0.3 is 0 Å². The Hall–Kier alpha value is -3.28. The van der Waals surface area contributed by atoms with E-state index in [0.29, 0.717) is 11.6 Å². The summed E-state index contributed by atoms with van der Waals surface area (Å²) >= 11 is 0. The Kier molecular flexibility index (Phi) is 5.22. The van der Waals surface area contributed by atoms with Gasteiger partial charge in [0.2, 0.25) is 5.91 Å². The van der Waals surface area contributed by atoms with E-state index in [2.05, 4.69) is 20.8 Å². The van der Waals surface area contributed by atoms with Crippen LogP contribution in [0.3, 0.4) is 0 Å². The third-order valence-electron chi connectivity index (χ3n) is 3.94. The molecule has 3 aromatic rings. The maximum atomic E-state index is 12.9. The summed E-state index contributed by atoms with van der Waals surface area (Å²) in [6.07, 6.45) is 0.143. The molecule has 0 saturated heterocycles. The predicted octanol–water partition coefficient (Wildman–Crippen LogP) is 4.16. The second kappa shape index (κ2) is 7.74. The van der Waals surface area contributed by atoms with Gasteiger partial charge < -0.3 is 10.6 Å². The fraction of sp³-hybridized carbons (Fsp3) is 0.150. The number of anilines is 3. The minimum Gasteiger partial charge on any atom is -0.338 e. The molecule has 0 spiro atoms. The van der Waals surface area contributed by atoms with E-state index in [1.54, 1.807) is 24.3 Å². The topological polar surface area (TPSA) is 66.9 Å². The number of nitrogens with one attached hydrogen (secondary N) is 2. The van der Waals surface area contributed by atoms with Crippen molar-refractivity contribution in [1.82, 2.24) is 10.2 Å². The summed E-state index contributed by atoms with van der Waals surface area (Å²) < 4.78 is 12.9. The molecule has 0 atom stereocenters. The lowest BCUT2D eigenvalue weighted by Gasteiger charge is -2.11. The highest BCUT2D eigenvalue weighted by molar-refractivity contribution is 5.91. The lowest BCUT2D eigenvalue weighted by Crippen LogP contribution is -2.15. The van der Waals surface area contributed by atoms with Gasteiger partial charge in [0.25, 0.3) is 0 Å². The third kappa shape index (κ3) is 4.42. The largest absolute Gasteiger partial charge is 0.338 e. The first-order chi connectivity index (χ1) is 12.5. The molecular weight excluding hydrogens is 331 g/mol. The lowest BCUT2D eigenvalue weighted by molar-refractivity contribution is -0.115. The Morgan fingerprint density at radius 1 is 0.923 bits per heavy atom. The first kappa shape index (κ1) is 17.5. The molecule has 0 aliphatic rings. The first-order valence-electron chi connectivity index (χ1n) is 8.22. The van der Waals surface area contributed by atoms with Crippen LogP contribution >= 0.6 is 0 Å². The quantitative estimate of drug-likeness (QED) is 0.725. The van der Waals surface area contributed by atoms with Crippen molar-refractivity contribution >= 4 is 23.2 Å². The van der Waals surface area contributed by atoms with Crippen molar-refractivity contribution in [2.24, 2.45) is 0 Å². The van der Waals surface area contributed by atoms with E-state index in [4.69, 9.17) is 0 Å². The highest BCUT2D eigenvalue weighted by Crippen LogP contribution is 2.23. The van der Waals surface area contributed by atoms with Gasteiger partial charge in [-0.05, 0) is 54.8 Å². The number of para-hydroxylation sites is 1. The van der Waals surface area contributed by atoms with E-state index in [-0.39, 0.29) is 18.1 Å². The fourth-order valence-corrected chi connectivity index (χ4v) is 2.58. The molecule has 6 heteroatoms. The van der Waals surface area contributed by atoms with Crippen molar-refractivity contribution in [3.8, 4) is 0 Å². The molecule has 0 saturated carbocycles. The van der Waals surface area contributed by atoms with Gasteiger partial charge in [0.1, 0.15) is 5.82 Å². The van der Waals surface area contributed by atoms with Gasteiger partial charge in [-0.1, -0.05) is 30.3 Å². The molecule has 3 rings (SSSR count). The number of amides is 1. The average Bonchev–Trinajstić information content (AvgIpc) is 2.62.